The quantitative estimate of drug-likeness (QED) is 0.517. The Morgan fingerprint density at radius 2 is 1.33 bits per heavy atom. The van der Waals surface area contributed by atoms with Gasteiger partial charge in [-0.25, -0.2) is 0 Å². The molecule has 1 aromatic heterocycles. The molecule has 0 atom stereocenters. The number of rotatable bonds is 4. The molecule has 0 aliphatic rings. The highest BCUT2D eigenvalue weighted by Gasteiger charge is 2.08. The predicted octanol–water partition coefficient (Wildman–Crippen LogP) is 4.50. The number of benzene rings is 2. The molecular weight excluding hydrogens is 238 g/mol. The third kappa shape index (κ3) is 1.91. The Morgan fingerprint density at radius 3 is 1.89 bits per heavy atom. The molecule has 1 nitrogen and oxygen atoms in total. The maximum atomic E-state index is 4.29. The summed E-state index contributed by atoms with van der Waals surface area (Å²) in [6.45, 7) is 1.08. The largest absolute Gasteiger partial charge is 0.340 e. The van der Waals surface area contributed by atoms with E-state index < -0.39 is 0 Å². The molecule has 0 saturated heterocycles. The number of nitrogens with zero attached hydrogens (tertiary/aromatic N) is 1. The molecule has 0 spiro atoms. The van der Waals surface area contributed by atoms with Crippen LogP contribution >= 0.6 is 12.6 Å². The van der Waals surface area contributed by atoms with Gasteiger partial charge in [0.2, 0.25) is 0 Å². The van der Waals surface area contributed by atoms with Crippen LogP contribution in [0.3, 0.4) is 0 Å². The van der Waals surface area contributed by atoms with Crippen molar-refractivity contribution in [3.8, 4) is 0 Å². The number of hydrogen-bond acceptors (Lipinski definition) is 1. The minimum absolute atomic E-state index is 0.969. The van der Waals surface area contributed by atoms with Crippen molar-refractivity contribution in [1.82, 2.24) is 4.57 Å². The third-order valence-electron chi connectivity index (χ3n) is 3.47. The second-order valence-electron chi connectivity index (χ2n) is 4.62. The molecule has 0 saturated carbocycles. The molecule has 0 unspecified atom stereocenters. The lowest BCUT2D eigenvalue weighted by Crippen LogP contribution is -1.97. The molecule has 3 rings (SSSR count). The Morgan fingerprint density at radius 1 is 0.778 bits per heavy atom. The third-order valence-corrected chi connectivity index (χ3v) is 3.79. The van der Waals surface area contributed by atoms with Crippen molar-refractivity contribution in [2.24, 2.45) is 0 Å². The number of hydrogen-bond donors (Lipinski definition) is 1. The van der Waals surface area contributed by atoms with Gasteiger partial charge in [-0.3, -0.25) is 0 Å². The minimum Gasteiger partial charge on any atom is -0.340 e. The Hall–Kier alpha value is -1.41. The van der Waals surface area contributed by atoms with Crippen LogP contribution in [0.5, 0.6) is 0 Å². The Bertz CT molecular complexity index is 616. The van der Waals surface area contributed by atoms with Crippen molar-refractivity contribution in [2.45, 2.75) is 19.4 Å². The van der Waals surface area contributed by atoms with Crippen LogP contribution in [-0.4, -0.2) is 10.3 Å². The van der Waals surface area contributed by atoms with E-state index in [1.54, 1.807) is 0 Å². The average Bonchev–Trinajstić information content (AvgIpc) is 2.74. The molecule has 1 heterocycles. The second-order valence-corrected chi connectivity index (χ2v) is 5.06. The van der Waals surface area contributed by atoms with Crippen LogP contribution in [0, 0.1) is 0 Å². The van der Waals surface area contributed by atoms with Gasteiger partial charge in [0, 0.05) is 28.4 Å². The van der Waals surface area contributed by atoms with E-state index in [2.05, 4.69) is 65.7 Å². The van der Waals surface area contributed by atoms with Gasteiger partial charge in [0.05, 0.1) is 0 Å². The van der Waals surface area contributed by atoms with E-state index in [0.717, 1.165) is 12.3 Å². The normalized spacial score (nSPS) is 11.4. The summed E-state index contributed by atoms with van der Waals surface area (Å²) < 4.78 is 2.44. The van der Waals surface area contributed by atoms with Crippen molar-refractivity contribution >= 4 is 34.4 Å². The molecule has 92 valence electrons. The molecule has 0 bridgehead atoms. The summed E-state index contributed by atoms with van der Waals surface area (Å²) in [6, 6.07) is 17.3. The number of aryl methyl sites for hydroxylation is 1. The van der Waals surface area contributed by atoms with Crippen molar-refractivity contribution in [1.29, 1.82) is 0 Å². The van der Waals surface area contributed by atoms with Gasteiger partial charge in [-0.2, -0.15) is 12.6 Å². The Balaban J connectivity index is 2.18. The molecule has 0 aliphatic heterocycles. The molecule has 18 heavy (non-hydrogen) atoms. The van der Waals surface area contributed by atoms with Gasteiger partial charge in [0.1, 0.15) is 0 Å². The molecule has 2 aromatic carbocycles. The average molecular weight is 255 g/mol. The van der Waals surface area contributed by atoms with Crippen LogP contribution in [0.4, 0.5) is 0 Å². The summed E-state index contributed by atoms with van der Waals surface area (Å²) >= 11 is 4.29. The van der Waals surface area contributed by atoms with Crippen LogP contribution in [0.2, 0.25) is 0 Å². The SMILES string of the molecule is SCCCCn1c2ccccc2c2ccccc21. The summed E-state index contributed by atoms with van der Waals surface area (Å²) in [7, 11) is 0. The molecule has 0 aliphatic carbocycles. The van der Waals surface area contributed by atoms with Crippen LogP contribution in [0.1, 0.15) is 12.8 Å². The predicted molar refractivity (Wildman–Crippen MR) is 82.5 cm³/mol. The number of fused-ring (bicyclic) bond motifs is 3. The van der Waals surface area contributed by atoms with E-state index in [4.69, 9.17) is 0 Å². The number of thiol groups is 1. The van der Waals surface area contributed by atoms with Gasteiger partial charge >= 0.3 is 0 Å². The van der Waals surface area contributed by atoms with E-state index in [-0.39, 0.29) is 0 Å². The van der Waals surface area contributed by atoms with Gasteiger partial charge in [0.25, 0.3) is 0 Å². The molecule has 0 radical (unpaired) electrons. The van der Waals surface area contributed by atoms with Gasteiger partial charge in [-0.05, 0) is 30.7 Å². The fourth-order valence-corrected chi connectivity index (χ4v) is 2.85. The van der Waals surface area contributed by atoms with Gasteiger partial charge in [-0.1, -0.05) is 36.4 Å². The van der Waals surface area contributed by atoms with Crippen LogP contribution in [-0.2, 0) is 6.54 Å². The number of unbranched alkanes of at least 4 members (excludes halogenated alkanes) is 1. The zero-order valence-electron chi connectivity index (χ0n) is 10.3. The first-order valence-electron chi connectivity index (χ1n) is 6.48. The zero-order valence-corrected chi connectivity index (χ0v) is 11.2. The number of aromatic nitrogens is 1. The maximum Gasteiger partial charge on any atom is 0.0491 e. The van der Waals surface area contributed by atoms with E-state index in [0.29, 0.717) is 0 Å². The summed E-state index contributed by atoms with van der Waals surface area (Å²) in [4.78, 5) is 0. The fourth-order valence-electron chi connectivity index (χ4n) is 2.63. The van der Waals surface area contributed by atoms with Gasteiger partial charge in [-0.15, -0.1) is 0 Å². The summed E-state index contributed by atoms with van der Waals surface area (Å²) in [5.41, 5.74) is 2.69. The molecule has 0 fully saturated rings. The van der Waals surface area contributed by atoms with Crippen molar-refractivity contribution in [3.05, 3.63) is 48.5 Å². The van der Waals surface area contributed by atoms with Crippen molar-refractivity contribution in [2.75, 3.05) is 5.75 Å². The Kier molecular flexibility index (Phi) is 3.28. The smallest absolute Gasteiger partial charge is 0.0491 e. The molecule has 2 heteroatoms. The molecular formula is C16H17NS. The first kappa shape index (κ1) is 11.7. The highest BCUT2D eigenvalue weighted by atomic mass is 32.1. The van der Waals surface area contributed by atoms with Crippen LogP contribution in [0.15, 0.2) is 48.5 Å². The van der Waals surface area contributed by atoms with Gasteiger partial charge in [0.15, 0.2) is 0 Å². The van der Waals surface area contributed by atoms with E-state index in [1.807, 2.05) is 0 Å². The second kappa shape index (κ2) is 5.07. The summed E-state index contributed by atoms with van der Waals surface area (Å²) in [5.74, 6) is 0.969. The minimum atomic E-state index is 0.969. The first-order valence-corrected chi connectivity index (χ1v) is 7.12. The van der Waals surface area contributed by atoms with Crippen LogP contribution < -0.4 is 0 Å². The standard InChI is InChI=1S/C16H17NS/c18-12-6-5-11-17-15-9-3-1-7-13(15)14-8-2-4-10-16(14)17/h1-4,7-10,18H,5-6,11-12H2. The molecule has 0 amide bonds. The zero-order chi connectivity index (χ0) is 12.4. The molecule has 0 N–H and O–H groups in total. The Labute approximate surface area is 113 Å². The fraction of sp³-hybridized carbons (Fsp3) is 0.250. The highest BCUT2D eigenvalue weighted by Crippen LogP contribution is 2.28. The van der Waals surface area contributed by atoms with E-state index in [9.17, 15) is 0 Å². The topological polar surface area (TPSA) is 4.93 Å². The van der Waals surface area contributed by atoms with E-state index in [1.165, 1.54) is 34.6 Å². The lowest BCUT2D eigenvalue weighted by molar-refractivity contribution is 0.669. The van der Waals surface area contributed by atoms with E-state index >= 15 is 0 Å². The maximum absolute atomic E-state index is 4.29. The lowest BCUT2D eigenvalue weighted by atomic mass is 10.2. The lowest BCUT2D eigenvalue weighted by Gasteiger charge is -2.06. The summed E-state index contributed by atoms with van der Waals surface area (Å²) in [5, 5.41) is 2.72. The van der Waals surface area contributed by atoms with Gasteiger partial charge < -0.3 is 4.57 Å². The van der Waals surface area contributed by atoms with Crippen LogP contribution in [0.25, 0.3) is 21.8 Å². The highest BCUT2D eigenvalue weighted by molar-refractivity contribution is 7.80. The molecule has 3 aromatic rings. The number of para-hydroxylation sites is 2. The van der Waals surface area contributed by atoms with Crippen molar-refractivity contribution in [3.63, 3.8) is 0 Å². The summed E-state index contributed by atoms with van der Waals surface area (Å²) in [6.07, 6.45) is 2.36. The first-order chi connectivity index (χ1) is 8.92. The monoisotopic (exact) mass is 255 g/mol. The van der Waals surface area contributed by atoms with Crippen molar-refractivity contribution < 1.29 is 0 Å².